The summed E-state index contributed by atoms with van der Waals surface area (Å²) in [6, 6.07) is 29.5. The molecule has 0 amide bonds. The second-order valence-corrected chi connectivity index (χ2v) is 18.6. The average Bonchev–Trinajstić information content (AvgIpc) is 3.73. The molecule has 10 rings (SSSR count). The summed E-state index contributed by atoms with van der Waals surface area (Å²) in [5.74, 6) is -0.0213. The smallest absolute Gasteiger partial charge is 0.345 e. The van der Waals surface area contributed by atoms with E-state index >= 15 is 0 Å². The van der Waals surface area contributed by atoms with Gasteiger partial charge in [-0.1, -0.05) is 59.6 Å². The van der Waals surface area contributed by atoms with E-state index < -0.39 is 40.7 Å². The van der Waals surface area contributed by atoms with Gasteiger partial charge >= 0.3 is 5.97 Å². The molecule has 2 atom stereocenters. The zero-order chi connectivity index (χ0) is 47.5. The molecule has 0 aliphatic carbocycles. The van der Waals surface area contributed by atoms with Crippen molar-refractivity contribution in [3.63, 3.8) is 0 Å². The molecule has 5 heterocycles. The number of aliphatic carboxylic acids is 1. The van der Waals surface area contributed by atoms with Crippen LogP contribution in [0, 0.1) is 19.7 Å². The van der Waals surface area contributed by atoms with Crippen LogP contribution in [0.15, 0.2) is 127 Å². The fourth-order valence-electron chi connectivity index (χ4n) is 7.56. The second kappa shape index (κ2) is 19.6. The maximum atomic E-state index is 14.3. The summed E-state index contributed by atoms with van der Waals surface area (Å²) < 4.78 is 77.7. The molecule has 0 spiro atoms. The van der Waals surface area contributed by atoms with Crippen LogP contribution in [0.1, 0.15) is 22.4 Å². The molecule has 68 heavy (non-hydrogen) atoms. The third-order valence-electron chi connectivity index (χ3n) is 11.0. The van der Waals surface area contributed by atoms with Crippen LogP contribution in [0.2, 0.25) is 5.02 Å². The van der Waals surface area contributed by atoms with Crippen LogP contribution in [-0.4, -0.2) is 72.0 Å². The molecule has 4 bridgehead atoms. The fourth-order valence-corrected chi connectivity index (χ4v) is 9.87. The van der Waals surface area contributed by atoms with E-state index in [0.29, 0.717) is 65.7 Å². The Hall–Kier alpha value is -7.18. The summed E-state index contributed by atoms with van der Waals surface area (Å²) in [5, 5.41) is 11.5. The Bertz CT molecular complexity index is 3280. The van der Waals surface area contributed by atoms with E-state index in [-0.39, 0.29) is 52.7 Å². The van der Waals surface area contributed by atoms with Gasteiger partial charge in [-0.25, -0.2) is 29.1 Å². The number of rotatable bonds is 11. The van der Waals surface area contributed by atoms with Gasteiger partial charge in [0.25, 0.3) is 10.1 Å². The quantitative estimate of drug-likeness (QED) is 0.121. The van der Waals surface area contributed by atoms with Crippen molar-refractivity contribution in [3.05, 3.63) is 155 Å². The van der Waals surface area contributed by atoms with Crippen LogP contribution in [0.25, 0.3) is 43.2 Å². The minimum atomic E-state index is -4.25. The molecular weight excluding hydrogens is 935 g/mol. The minimum Gasteiger partial charge on any atom is -0.496 e. The normalized spacial score (nSPS) is 14.9. The highest BCUT2D eigenvalue weighted by Crippen LogP contribution is 2.49. The van der Waals surface area contributed by atoms with Crippen molar-refractivity contribution in [1.29, 1.82) is 0 Å². The molecule has 3 aromatic heterocycles. The number of hydrogen-bond donors (Lipinski definition) is 1. The van der Waals surface area contributed by atoms with Crippen LogP contribution >= 0.6 is 22.9 Å². The number of carboxylic acid groups (broad SMARTS) is 1. The zero-order valence-corrected chi connectivity index (χ0v) is 38.9. The summed E-state index contributed by atoms with van der Waals surface area (Å²) >= 11 is 8.38. The molecule has 2 aliphatic heterocycles. The Labute approximate surface area is 399 Å². The zero-order valence-electron chi connectivity index (χ0n) is 36.5. The summed E-state index contributed by atoms with van der Waals surface area (Å²) in [6.07, 6.45) is -0.00888. The minimum absolute atomic E-state index is 0.0195. The van der Waals surface area contributed by atoms with Gasteiger partial charge in [-0.05, 0) is 97.3 Å². The first-order valence-corrected chi connectivity index (χ1v) is 23.6. The molecule has 18 heteroatoms. The highest BCUT2D eigenvalue weighted by Gasteiger charge is 2.30. The van der Waals surface area contributed by atoms with Gasteiger partial charge in [-0.3, -0.25) is 4.18 Å². The van der Waals surface area contributed by atoms with Crippen LogP contribution in [0.3, 0.4) is 0 Å². The Morgan fingerprint density at radius 2 is 1.71 bits per heavy atom. The monoisotopic (exact) mass is 974 g/mol. The molecule has 1 N–H and O–H groups in total. The largest absolute Gasteiger partial charge is 0.496 e. The number of fused-ring (bicyclic) bond motifs is 7. The van der Waals surface area contributed by atoms with Gasteiger partial charge in [0.1, 0.15) is 59.8 Å². The van der Waals surface area contributed by atoms with E-state index in [1.807, 2.05) is 25.1 Å². The van der Waals surface area contributed by atoms with Gasteiger partial charge in [-0.15, -0.1) is 11.3 Å². The molecule has 8 aromatic rings. The number of carbonyl (C=O) groups is 1. The number of hydrogen-bond acceptors (Lipinski definition) is 14. The molecule has 5 aromatic carbocycles. The summed E-state index contributed by atoms with van der Waals surface area (Å²) in [7, 11) is -2.69. The van der Waals surface area contributed by atoms with Gasteiger partial charge in [0.2, 0.25) is 12.0 Å². The Kier molecular flexibility index (Phi) is 13.2. The molecule has 0 saturated heterocycles. The van der Waals surface area contributed by atoms with E-state index in [4.69, 9.17) is 44.5 Å². The second-order valence-electron chi connectivity index (χ2n) is 15.6. The number of halogens is 2. The van der Waals surface area contributed by atoms with Crippen molar-refractivity contribution in [2.45, 2.75) is 44.0 Å². The number of carboxylic acids is 1. The standard InChI is InChI=1S/C50H40ClFN4O10S2/c1-28-8-15-36(16-9-28)68(59,60)64-26-35-25-63-41-19-17-37(29(2)45(41)51)43-44-48(54-27-55-49(44)67-46(43)30-10-12-32(52)13-11-30)66-42(50(57)58)23-31-22-34(65-35)14-18-39(31)62-24-33-20-21-53-47(56-33)38-6-4-5-7-40(38)61-3/h4-22,27,35,42H,23-26H2,1-3H3,(H,57,58)/t35-,42-/m1/s1. The van der Waals surface area contributed by atoms with Gasteiger partial charge in [0, 0.05) is 28.6 Å². The first kappa shape index (κ1) is 46.0. The summed E-state index contributed by atoms with van der Waals surface area (Å²) in [6.45, 7) is 2.86. The number of aryl methyl sites for hydroxylation is 1. The number of ether oxygens (including phenoxy) is 5. The van der Waals surface area contributed by atoms with Gasteiger partial charge in [-0.2, -0.15) is 8.42 Å². The van der Waals surface area contributed by atoms with Gasteiger partial charge in [0.05, 0.1) is 33.7 Å². The average molecular weight is 975 g/mol. The van der Waals surface area contributed by atoms with Crippen molar-refractivity contribution < 1.29 is 50.6 Å². The summed E-state index contributed by atoms with van der Waals surface area (Å²) in [5.41, 5.74) is 4.83. The van der Waals surface area contributed by atoms with E-state index in [0.717, 1.165) is 5.56 Å². The lowest BCUT2D eigenvalue weighted by atomic mass is 9.96. The maximum Gasteiger partial charge on any atom is 0.345 e. The van der Waals surface area contributed by atoms with E-state index in [9.17, 15) is 22.7 Å². The Balaban J connectivity index is 1.14. The van der Waals surface area contributed by atoms with Gasteiger partial charge < -0.3 is 28.8 Å². The molecule has 0 unspecified atom stereocenters. The lowest BCUT2D eigenvalue weighted by molar-refractivity contribution is -0.145. The highest BCUT2D eigenvalue weighted by atomic mass is 35.5. The maximum absolute atomic E-state index is 14.3. The topological polar surface area (TPSA) is 178 Å². The third kappa shape index (κ3) is 9.78. The van der Waals surface area contributed by atoms with Crippen molar-refractivity contribution in [3.8, 4) is 61.8 Å². The first-order valence-electron chi connectivity index (χ1n) is 21.0. The Morgan fingerprint density at radius 3 is 2.49 bits per heavy atom. The number of benzene rings is 5. The van der Waals surface area contributed by atoms with Crippen LogP contribution in [0.5, 0.6) is 28.9 Å². The van der Waals surface area contributed by atoms with Crippen molar-refractivity contribution >= 4 is 49.2 Å². The SMILES string of the molecule is COc1ccccc1-c1nccc(COc2ccc3cc2C[C@H](C(=O)O)Oc2ncnc4sc(-c5ccc(F)cc5)c(c24)-c2ccc(c(Cl)c2C)OC[C@H](COS(=O)(=O)c2ccc(C)cc2)O3)n1. The lowest BCUT2D eigenvalue weighted by Gasteiger charge is -2.22. The van der Waals surface area contributed by atoms with E-state index in [1.165, 1.54) is 41.9 Å². The fraction of sp³-hybridized carbons (Fsp3) is 0.180. The van der Waals surface area contributed by atoms with Crippen molar-refractivity contribution in [1.82, 2.24) is 19.9 Å². The Morgan fingerprint density at radius 1 is 0.912 bits per heavy atom. The van der Waals surface area contributed by atoms with Gasteiger partial charge in [0.15, 0.2) is 11.9 Å². The predicted octanol–water partition coefficient (Wildman–Crippen LogP) is 10.1. The molecule has 0 radical (unpaired) electrons. The molecule has 0 fully saturated rings. The molecular formula is C50H40ClFN4O10S2. The predicted molar refractivity (Wildman–Crippen MR) is 253 cm³/mol. The number of para-hydroxylation sites is 1. The number of nitrogens with zero attached hydrogens (tertiary/aromatic N) is 4. The molecule has 2 aliphatic rings. The van der Waals surface area contributed by atoms with Crippen molar-refractivity contribution in [2.24, 2.45) is 0 Å². The number of thiophene rings is 1. The van der Waals surface area contributed by atoms with E-state index in [1.54, 1.807) is 87.0 Å². The third-order valence-corrected chi connectivity index (χ3v) is 13.9. The number of methoxy groups -OCH3 is 1. The van der Waals surface area contributed by atoms with Crippen LogP contribution in [-0.2, 0) is 32.1 Å². The lowest BCUT2D eigenvalue weighted by Crippen LogP contribution is -2.32. The van der Waals surface area contributed by atoms with Crippen LogP contribution in [0.4, 0.5) is 4.39 Å². The van der Waals surface area contributed by atoms with Crippen LogP contribution < -0.4 is 23.7 Å². The summed E-state index contributed by atoms with van der Waals surface area (Å²) in [4.78, 5) is 32.6. The molecule has 346 valence electrons. The van der Waals surface area contributed by atoms with E-state index in [2.05, 4.69) is 15.0 Å². The van der Waals surface area contributed by atoms with Crippen molar-refractivity contribution in [2.75, 3.05) is 20.3 Å². The molecule has 0 saturated carbocycles. The first-order chi connectivity index (χ1) is 32.8. The molecule has 14 nitrogen and oxygen atoms in total. The highest BCUT2D eigenvalue weighted by molar-refractivity contribution is 7.86. The number of aromatic nitrogens is 4.